The van der Waals surface area contributed by atoms with Crippen LogP contribution in [0.2, 0.25) is 0 Å². The molecule has 0 spiro atoms. The first-order valence-corrected chi connectivity index (χ1v) is 8.05. The van der Waals surface area contributed by atoms with Crippen molar-refractivity contribution in [2.45, 2.75) is 12.1 Å². The van der Waals surface area contributed by atoms with Gasteiger partial charge in [0.1, 0.15) is 5.76 Å². The summed E-state index contributed by atoms with van der Waals surface area (Å²) in [5.41, 5.74) is 1.15. The fourth-order valence-corrected chi connectivity index (χ4v) is 2.66. The number of furan rings is 1. The van der Waals surface area contributed by atoms with Gasteiger partial charge in [-0.25, -0.2) is 0 Å². The highest BCUT2D eigenvalue weighted by Crippen LogP contribution is 2.30. The number of aryl methyl sites for hydroxylation is 1. The largest absolute Gasteiger partial charge is 0.481 e. The van der Waals surface area contributed by atoms with Crippen LogP contribution in [-0.4, -0.2) is 36.9 Å². The minimum Gasteiger partial charge on any atom is -0.481 e. The van der Waals surface area contributed by atoms with E-state index in [0.29, 0.717) is 33.6 Å². The van der Waals surface area contributed by atoms with E-state index in [2.05, 4.69) is 15.2 Å². The molecule has 25 heavy (non-hydrogen) atoms. The second kappa shape index (κ2) is 6.77. The van der Waals surface area contributed by atoms with Crippen molar-refractivity contribution >= 4 is 23.4 Å². The summed E-state index contributed by atoms with van der Waals surface area (Å²) < 4.78 is 5.69. The third-order valence-corrected chi connectivity index (χ3v) is 4.18. The number of H-pyrrole nitrogens is 1. The first-order valence-electron chi connectivity index (χ1n) is 7.07. The minimum absolute atomic E-state index is 0.0162. The summed E-state index contributed by atoms with van der Waals surface area (Å²) in [5.74, 6) is 0.109. The second-order valence-corrected chi connectivity index (χ2v) is 6.05. The molecule has 0 saturated heterocycles. The molecule has 0 atom stereocenters. The molecule has 1 aromatic carbocycles. The van der Waals surface area contributed by atoms with Gasteiger partial charge in [-0.3, -0.25) is 14.9 Å². The lowest BCUT2D eigenvalue weighted by Crippen LogP contribution is -1.97. The summed E-state index contributed by atoms with van der Waals surface area (Å²) in [4.78, 5) is 24.0. The quantitative estimate of drug-likeness (QED) is 0.389. The highest BCUT2D eigenvalue weighted by molar-refractivity contribution is 7.99. The van der Waals surface area contributed by atoms with Crippen molar-refractivity contribution in [3.8, 4) is 22.9 Å². The molecule has 0 aliphatic heterocycles. The monoisotopic (exact) mass is 360 g/mol. The molecular formula is C15H12N4O5S. The molecule has 0 radical (unpaired) electrons. The van der Waals surface area contributed by atoms with E-state index in [1.165, 1.54) is 6.07 Å². The third-order valence-electron chi connectivity index (χ3n) is 3.33. The number of benzene rings is 1. The number of nitrogens with zero attached hydrogens (tertiary/aromatic N) is 3. The van der Waals surface area contributed by atoms with Gasteiger partial charge in [0, 0.05) is 17.2 Å². The number of rotatable bonds is 6. The number of nitrogens with one attached hydrogen (secondary N) is 1. The molecule has 2 N–H and O–H groups in total. The van der Waals surface area contributed by atoms with E-state index in [0.717, 1.165) is 11.8 Å². The fourth-order valence-electron chi connectivity index (χ4n) is 2.13. The van der Waals surface area contributed by atoms with Crippen LogP contribution in [0.15, 0.2) is 39.9 Å². The van der Waals surface area contributed by atoms with Gasteiger partial charge in [0.2, 0.25) is 0 Å². The van der Waals surface area contributed by atoms with E-state index in [-0.39, 0.29) is 11.4 Å². The number of carbonyl (C=O) groups is 1. The molecule has 0 aliphatic rings. The molecule has 10 heteroatoms. The summed E-state index contributed by atoms with van der Waals surface area (Å²) in [7, 11) is 0. The summed E-state index contributed by atoms with van der Waals surface area (Å²) in [6.45, 7) is 1.67. The molecule has 0 amide bonds. The van der Waals surface area contributed by atoms with Gasteiger partial charge in [-0.1, -0.05) is 23.9 Å². The lowest BCUT2D eigenvalue weighted by Gasteiger charge is -2.00. The molecule has 0 saturated carbocycles. The zero-order valence-corrected chi connectivity index (χ0v) is 13.7. The first-order chi connectivity index (χ1) is 11.9. The Balaban J connectivity index is 1.84. The third kappa shape index (κ3) is 3.69. The zero-order valence-electron chi connectivity index (χ0n) is 12.9. The van der Waals surface area contributed by atoms with Crippen LogP contribution in [-0.2, 0) is 4.79 Å². The second-order valence-electron chi connectivity index (χ2n) is 5.08. The number of hydrogen-bond acceptors (Lipinski definition) is 7. The molecular weight excluding hydrogens is 348 g/mol. The van der Waals surface area contributed by atoms with Crippen LogP contribution in [0.1, 0.15) is 5.56 Å². The van der Waals surface area contributed by atoms with Crippen LogP contribution < -0.4 is 0 Å². The molecule has 3 rings (SSSR count). The number of thioether (sulfide) groups is 1. The van der Waals surface area contributed by atoms with E-state index < -0.39 is 10.9 Å². The van der Waals surface area contributed by atoms with Crippen LogP contribution in [0, 0.1) is 17.0 Å². The van der Waals surface area contributed by atoms with E-state index in [1.807, 2.05) is 0 Å². The zero-order chi connectivity index (χ0) is 18.0. The summed E-state index contributed by atoms with van der Waals surface area (Å²) in [5, 5.41) is 27.8. The molecule has 0 unspecified atom stereocenters. The van der Waals surface area contributed by atoms with Crippen molar-refractivity contribution in [1.82, 2.24) is 15.2 Å². The summed E-state index contributed by atoms with van der Waals surface area (Å²) >= 11 is 1.01. The maximum absolute atomic E-state index is 11.1. The Morgan fingerprint density at radius 3 is 2.80 bits per heavy atom. The maximum atomic E-state index is 11.1. The molecule has 0 aliphatic carbocycles. The van der Waals surface area contributed by atoms with Crippen LogP contribution in [0.25, 0.3) is 22.9 Å². The average molecular weight is 360 g/mol. The highest BCUT2D eigenvalue weighted by atomic mass is 32.2. The average Bonchev–Trinajstić information content (AvgIpc) is 3.22. The van der Waals surface area contributed by atoms with Gasteiger partial charge in [0.15, 0.2) is 16.7 Å². The highest BCUT2D eigenvalue weighted by Gasteiger charge is 2.16. The van der Waals surface area contributed by atoms with Crippen molar-refractivity contribution in [3.63, 3.8) is 0 Å². The predicted molar refractivity (Wildman–Crippen MR) is 89.3 cm³/mol. The van der Waals surface area contributed by atoms with E-state index >= 15 is 0 Å². The molecule has 128 valence electrons. The molecule has 2 aromatic heterocycles. The Kier molecular flexibility index (Phi) is 4.52. The van der Waals surface area contributed by atoms with Crippen LogP contribution in [0.5, 0.6) is 0 Å². The summed E-state index contributed by atoms with van der Waals surface area (Å²) in [6.07, 6.45) is 0. The Labute approximate surface area is 145 Å². The predicted octanol–water partition coefficient (Wildman–Crippen LogP) is 3.13. The smallest absolute Gasteiger partial charge is 0.313 e. The van der Waals surface area contributed by atoms with Crippen molar-refractivity contribution in [2.24, 2.45) is 0 Å². The molecule has 2 heterocycles. The Bertz CT molecular complexity index is 949. The first kappa shape index (κ1) is 16.7. The van der Waals surface area contributed by atoms with Gasteiger partial charge < -0.3 is 14.5 Å². The molecule has 3 aromatic rings. The Hall–Kier alpha value is -3.14. The van der Waals surface area contributed by atoms with Crippen LogP contribution in [0.3, 0.4) is 0 Å². The number of aromatic nitrogens is 3. The standard InChI is InChI=1S/C15H12N4O5S/c1-8-2-3-9(6-10(8)19(22)23)11-4-5-12(24-11)14-16-15(18-17-14)25-7-13(20)21/h2-6H,7H2,1H3,(H,20,21)(H,16,17,18). The van der Waals surface area contributed by atoms with Gasteiger partial charge >= 0.3 is 5.97 Å². The minimum atomic E-state index is -0.954. The fraction of sp³-hybridized carbons (Fsp3) is 0.133. The maximum Gasteiger partial charge on any atom is 0.313 e. The SMILES string of the molecule is Cc1ccc(-c2ccc(-c3nnc(SCC(=O)O)[nH]3)o2)cc1[N+](=O)[O-]. The number of hydrogen-bond donors (Lipinski definition) is 2. The number of aliphatic carboxylic acids is 1. The molecule has 9 nitrogen and oxygen atoms in total. The van der Waals surface area contributed by atoms with Gasteiger partial charge in [-0.05, 0) is 19.1 Å². The number of carboxylic acids is 1. The molecule has 0 fully saturated rings. The van der Waals surface area contributed by atoms with E-state index in [4.69, 9.17) is 9.52 Å². The number of carboxylic acid groups (broad SMARTS) is 1. The van der Waals surface area contributed by atoms with E-state index in [9.17, 15) is 14.9 Å². The van der Waals surface area contributed by atoms with Gasteiger partial charge in [-0.2, -0.15) is 0 Å². The van der Waals surface area contributed by atoms with Crippen LogP contribution in [0.4, 0.5) is 5.69 Å². The van der Waals surface area contributed by atoms with Gasteiger partial charge in [-0.15, -0.1) is 10.2 Å². The number of nitro benzene ring substituents is 1. The Morgan fingerprint density at radius 1 is 1.32 bits per heavy atom. The van der Waals surface area contributed by atoms with Gasteiger partial charge in [0.25, 0.3) is 5.69 Å². The topological polar surface area (TPSA) is 135 Å². The normalized spacial score (nSPS) is 10.8. The number of aromatic amines is 1. The lowest BCUT2D eigenvalue weighted by atomic mass is 10.1. The summed E-state index contributed by atoms with van der Waals surface area (Å²) in [6, 6.07) is 8.18. The van der Waals surface area contributed by atoms with Crippen molar-refractivity contribution in [1.29, 1.82) is 0 Å². The number of nitro groups is 1. The van der Waals surface area contributed by atoms with Crippen LogP contribution >= 0.6 is 11.8 Å². The lowest BCUT2D eigenvalue weighted by molar-refractivity contribution is -0.385. The van der Waals surface area contributed by atoms with Crippen molar-refractivity contribution < 1.29 is 19.2 Å². The van der Waals surface area contributed by atoms with E-state index in [1.54, 1.807) is 31.2 Å². The molecule has 0 bridgehead atoms. The van der Waals surface area contributed by atoms with Crippen molar-refractivity contribution in [2.75, 3.05) is 5.75 Å². The van der Waals surface area contributed by atoms with Crippen molar-refractivity contribution in [3.05, 3.63) is 46.0 Å². The van der Waals surface area contributed by atoms with Gasteiger partial charge in [0.05, 0.1) is 10.7 Å². The Morgan fingerprint density at radius 2 is 2.08 bits per heavy atom.